The molecule has 5 nitrogen and oxygen atoms in total. The fourth-order valence-electron chi connectivity index (χ4n) is 2.15. The van der Waals surface area contributed by atoms with Crippen molar-refractivity contribution in [2.75, 3.05) is 13.1 Å². The Balaban J connectivity index is 1.96. The maximum Gasteiger partial charge on any atom is 0.263 e. The minimum Gasteiger partial charge on any atom is -0.481 e. The SMILES string of the molecule is Cc1cccc(OC(C)C(=O)N2CC(O)C(O)C2)c1. The summed E-state index contributed by atoms with van der Waals surface area (Å²) in [6.45, 7) is 3.93. The molecule has 3 unspecified atom stereocenters. The van der Waals surface area contributed by atoms with Crippen molar-refractivity contribution in [1.82, 2.24) is 4.90 Å². The molecule has 1 heterocycles. The van der Waals surface area contributed by atoms with Gasteiger partial charge in [-0.1, -0.05) is 12.1 Å². The van der Waals surface area contributed by atoms with Crippen LogP contribution in [0, 0.1) is 6.92 Å². The van der Waals surface area contributed by atoms with Crippen molar-refractivity contribution in [1.29, 1.82) is 0 Å². The monoisotopic (exact) mass is 265 g/mol. The van der Waals surface area contributed by atoms with Gasteiger partial charge in [-0.15, -0.1) is 0 Å². The highest BCUT2D eigenvalue weighted by Crippen LogP contribution is 2.17. The summed E-state index contributed by atoms with van der Waals surface area (Å²) >= 11 is 0. The van der Waals surface area contributed by atoms with E-state index in [1.807, 2.05) is 25.1 Å². The smallest absolute Gasteiger partial charge is 0.263 e. The van der Waals surface area contributed by atoms with Gasteiger partial charge in [-0.2, -0.15) is 0 Å². The molecule has 1 aliphatic rings. The van der Waals surface area contributed by atoms with Gasteiger partial charge in [0.1, 0.15) is 5.75 Å². The van der Waals surface area contributed by atoms with E-state index in [9.17, 15) is 15.0 Å². The molecule has 104 valence electrons. The zero-order chi connectivity index (χ0) is 14.0. The number of hydrogen-bond donors (Lipinski definition) is 2. The van der Waals surface area contributed by atoms with Crippen molar-refractivity contribution in [2.45, 2.75) is 32.2 Å². The number of aliphatic hydroxyl groups excluding tert-OH is 2. The maximum atomic E-state index is 12.1. The van der Waals surface area contributed by atoms with Gasteiger partial charge in [0.2, 0.25) is 0 Å². The largest absolute Gasteiger partial charge is 0.481 e. The van der Waals surface area contributed by atoms with Gasteiger partial charge in [-0.05, 0) is 31.5 Å². The van der Waals surface area contributed by atoms with E-state index in [4.69, 9.17) is 4.74 Å². The molecule has 3 atom stereocenters. The van der Waals surface area contributed by atoms with Crippen LogP contribution < -0.4 is 4.74 Å². The van der Waals surface area contributed by atoms with Crippen molar-refractivity contribution in [3.05, 3.63) is 29.8 Å². The number of nitrogens with zero attached hydrogens (tertiary/aromatic N) is 1. The second-order valence-corrected chi connectivity index (χ2v) is 4.95. The standard InChI is InChI=1S/C14H19NO4/c1-9-4-3-5-11(6-9)19-10(2)14(18)15-7-12(16)13(17)8-15/h3-6,10,12-13,16-17H,7-8H2,1-2H3. The van der Waals surface area contributed by atoms with Crippen molar-refractivity contribution < 1.29 is 19.7 Å². The Bertz CT molecular complexity index is 453. The summed E-state index contributed by atoms with van der Waals surface area (Å²) in [5.74, 6) is 0.415. The van der Waals surface area contributed by atoms with E-state index in [0.717, 1.165) is 5.56 Å². The van der Waals surface area contributed by atoms with Crippen LogP contribution in [0.2, 0.25) is 0 Å². The number of amides is 1. The highest BCUT2D eigenvalue weighted by Gasteiger charge is 2.34. The number of ether oxygens (including phenoxy) is 1. The van der Waals surface area contributed by atoms with Crippen LogP contribution in [-0.2, 0) is 4.79 Å². The highest BCUT2D eigenvalue weighted by atomic mass is 16.5. The molecule has 1 amide bonds. The summed E-state index contributed by atoms with van der Waals surface area (Å²) in [6.07, 6.45) is -2.37. The number of benzene rings is 1. The number of hydrogen-bond acceptors (Lipinski definition) is 4. The predicted octanol–water partition coefficient (Wildman–Crippen LogP) is 0.326. The van der Waals surface area contributed by atoms with Crippen LogP contribution >= 0.6 is 0 Å². The first kappa shape index (κ1) is 13.8. The Morgan fingerprint density at radius 2 is 2.00 bits per heavy atom. The summed E-state index contributed by atoms with van der Waals surface area (Å²) in [5, 5.41) is 18.9. The van der Waals surface area contributed by atoms with E-state index in [1.54, 1.807) is 13.0 Å². The third-order valence-electron chi connectivity index (χ3n) is 3.22. The molecule has 0 bridgehead atoms. The molecule has 0 saturated carbocycles. The van der Waals surface area contributed by atoms with E-state index >= 15 is 0 Å². The van der Waals surface area contributed by atoms with Crippen molar-refractivity contribution in [3.63, 3.8) is 0 Å². The normalized spacial score (nSPS) is 24.3. The highest BCUT2D eigenvalue weighted by molar-refractivity contribution is 5.81. The van der Waals surface area contributed by atoms with E-state index < -0.39 is 18.3 Å². The van der Waals surface area contributed by atoms with Gasteiger partial charge in [0.05, 0.1) is 12.2 Å². The number of likely N-dealkylation sites (tertiary alicyclic amines) is 1. The van der Waals surface area contributed by atoms with Gasteiger partial charge in [-0.25, -0.2) is 0 Å². The average molecular weight is 265 g/mol. The van der Waals surface area contributed by atoms with E-state index in [-0.39, 0.29) is 19.0 Å². The van der Waals surface area contributed by atoms with Crippen LogP contribution in [0.1, 0.15) is 12.5 Å². The third kappa shape index (κ3) is 3.24. The molecule has 1 aromatic rings. The zero-order valence-corrected chi connectivity index (χ0v) is 11.1. The van der Waals surface area contributed by atoms with E-state index in [0.29, 0.717) is 5.75 Å². The Morgan fingerprint density at radius 3 is 2.58 bits per heavy atom. The van der Waals surface area contributed by atoms with Crippen molar-refractivity contribution in [3.8, 4) is 5.75 Å². The number of aliphatic hydroxyl groups is 2. The number of carbonyl (C=O) groups excluding carboxylic acids is 1. The third-order valence-corrected chi connectivity index (χ3v) is 3.22. The summed E-state index contributed by atoms with van der Waals surface area (Å²) in [7, 11) is 0. The lowest BCUT2D eigenvalue weighted by molar-refractivity contribution is -0.137. The van der Waals surface area contributed by atoms with E-state index in [1.165, 1.54) is 4.90 Å². The summed E-state index contributed by atoms with van der Waals surface area (Å²) in [6, 6.07) is 7.47. The lowest BCUT2D eigenvalue weighted by atomic mass is 10.2. The molecule has 0 aliphatic carbocycles. The zero-order valence-electron chi connectivity index (χ0n) is 11.1. The van der Waals surface area contributed by atoms with Crippen LogP contribution in [0.25, 0.3) is 0 Å². The molecule has 5 heteroatoms. The molecule has 2 rings (SSSR count). The molecule has 0 aromatic heterocycles. The molecule has 1 fully saturated rings. The number of rotatable bonds is 3. The average Bonchev–Trinajstić information content (AvgIpc) is 2.68. The van der Waals surface area contributed by atoms with Crippen LogP contribution in [0.3, 0.4) is 0 Å². The molecular formula is C14H19NO4. The first-order valence-electron chi connectivity index (χ1n) is 6.35. The Morgan fingerprint density at radius 1 is 1.37 bits per heavy atom. The lowest BCUT2D eigenvalue weighted by Gasteiger charge is -2.21. The molecule has 1 aromatic carbocycles. The molecule has 19 heavy (non-hydrogen) atoms. The van der Waals surface area contributed by atoms with Crippen molar-refractivity contribution in [2.24, 2.45) is 0 Å². The quantitative estimate of drug-likeness (QED) is 0.826. The molecular weight excluding hydrogens is 246 g/mol. The van der Waals surface area contributed by atoms with Gasteiger partial charge in [0.15, 0.2) is 6.10 Å². The molecule has 0 radical (unpaired) electrons. The fourth-order valence-corrected chi connectivity index (χ4v) is 2.15. The predicted molar refractivity (Wildman–Crippen MR) is 69.9 cm³/mol. The Hall–Kier alpha value is -1.59. The second kappa shape index (κ2) is 5.59. The number of carbonyl (C=O) groups is 1. The fraction of sp³-hybridized carbons (Fsp3) is 0.500. The second-order valence-electron chi connectivity index (χ2n) is 4.95. The maximum absolute atomic E-state index is 12.1. The van der Waals surface area contributed by atoms with Crippen LogP contribution in [-0.4, -0.2) is 52.4 Å². The van der Waals surface area contributed by atoms with Crippen LogP contribution in [0.5, 0.6) is 5.75 Å². The van der Waals surface area contributed by atoms with Gasteiger partial charge < -0.3 is 19.8 Å². The molecule has 1 saturated heterocycles. The first-order chi connectivity index (χ1) is 8.97. The molecule has 0 spiro atoms. The number of aryl methyl sites for hydroxylation is 1. The summed E-state index contributed by atoms with van der Waals surface area (Å²) in [5.41, 5.74) is 1.06. The topological polar surface area (TPSA) is 70.0 Å². The Kier molecular flexibility index (Phi) is 4.07. The van der Waals surface area contributed by atoms with Gasteiger partial charge in [0.25, 0.3) is 5.91 Å². The summed E-state index contributed by atoms with van der Waals surface area (Å²) in [4.78, 5) is 13.5. The Labute approximate surface area is 112 Å². The van der Waals surface area contributed by atoms with Crippen LogP contribution in [0.15, 0.2) is 24.3 Å². The van der Waals surface area contributed by atoms with E-state index in [2.05, 4.69) is 0 Å². The first-order valence-corrected chi connectivity index (χ1v) is 6.35. The summed E-state index contributed by atoms with van der Waals surface area (Å²) < 4.78 is 5.59. The number of β-amino-alcohol motifs (C(OH)–C–C–N with tert-alkyl or cyclic N) is 2. The van der Waals surface area contributed by atoms with Gasteiger partial charge in [-0.3, -0.25) is 4.79 Å². The van der Waals surface area contributed by atoms with Crippen LogP contribution in [0.4, 0.5) is 0 Å². The molecule has 1 aliphatic heterocycles. The minimum atomic E-state index is -0.866. The van der Waals surface area contributed by atoms with Gasteiger partial charge >= 0.3 is 0 Å². The lowest BCUT2D eigenvalue weighted by Crippen LogP contribution is -2.39. The van der Waals surface area contributed by atoms with Crippen molar-refractivity contribution >= 4 is 5.91 Å². The minimum absolute atomic E-state index is 0.154. The van der Waals surface area contributed by atoms with Gasteiger partial charge in [0, 0.05) is 13.1 Å². The molecule has 2 N–H and O–H groups in total.